The molecule has 0 saturated carbocycles. The predicted octanol–water partition coefficient (Wildman–Crippen LogP) is 2.69. The lowest BCUT2D eigenvalue weighted by atomic mass is 10.0. The van der Waals surface area contributed by atoms with Crippen LogP contribution in [0.3, 0.4) is 0 Å². The fourth-order valence-electron chi connectivity index (χ4n) is 3.63. The lowest BCUT2D eigenvalue weighted by molar-refractivity contribution is -0.697. The second kappa shape index (κ2) is 9.93. The summed E-state index contributed by atoms with van der Waals surface area (Å²) >= 11 is 0. The number of carbonyl (C=O) groups is 2. The molecule has 3 N–H and O–H groups in total. The van der Waals surface area contributed by atoms with Crippen LogP contribution in [0.5, 0.6) is 0 Å². The van der Waals surface area contributed by atoms with Crippen LogP contribution in [0.4, 0.5) is 17.5 Å². The minimum atomic E-state index is -0.486. The molecule has 3 heterocycles. The van der Waals surface area contributed by atoms with Gasteiger partial charge in [-0.15, -0.1) is 0 Å². The molecule has 172 valence electrons. The van der Waals surface area contributed by atoms with Gasteiger partial charge in [0.25, 0.3) is 11.5 Å². The highest BCUT2D eigenvalue weighted by atomic mass is 16.2. The Kier molecular flexibility index (Phi) is 7.27. The number of rotatable bonds is 7. The summed E-state index contributed by atoms with van der Waals surface area (Å²) in [6, 6.07) is 3.19. The Bertz CT molecular complexity index is 1050. The number of unbranched alkanes of at least 4 members (excludes halogenated alkanes) is 2. The summed E-state index contributed by atoms with van der Waals surface area (Å²) in [5.74, 6) is -0.442. The van der Waals surface area contributed by atoms with Crippen LogP contribution < -0.4 is 25.7 Å². The third-order valence-electron chi connectivity index (χ3n) is 5.74. The van der Waals surface area contributed by atoms with Crippen molar-refractivity contribution in [2.75, 3.05) is 15.5 Å². The molecule has 3 rings (SSSR count). The van der Waals surface area contributed by atoms with Crippen LogP contribution in [0.1, 0.15) is 64.2 Å². The molecule has 9 heteroatoms. The van der Waals surface area contributed by atoms with E-state index >= 15 is 0 Å². The van der Waals surface area contributed by atoms with E-state index in [2.05, 4.69) is 27.5 Å². The quantitative estimate of drug-likeness (QED) is 0.452. The summed E-state index contributed by atoms with van der Waals surface area (Å²) in [6.45, 7) is 10.3. The molecule has 2 aromatic rings. The molecule has 0 aliphatic carbocycles. The smallest absolute Gasteiger partial charge is 0.278 e. The van der Waals surface area contributed by atoms with Gasteiger partial charge >= 0.3 is 0 Å². The number of fused-ring (bicyclic) bond motifs is 1. The number of H-pyrrole nitrogens is 1. The number of carbonyl (C=O) groups excluding carboxylic acids is 2. The van der Waals surface area contributed by atoms with Crippen LogP contribution in [0.15, 0.2) is 29.3 Å². The summed E-state index contributed by atoms with van der Waals surface area (Å²) in [5.41, 5.74) is 0.178. The molecule has 0 fully saturated rings. The third kappa shape index (κ3) is 4.98. The van der Waals surface area contributed by atoms with E-state index in [1.165, 1.54) is 4.90 Å². The normalized spacial score (nSPS) is 17.6. The van der Waals surface area contributed by atoms with Gasteiger partial charge in [-0.3, -0.25) is 29.6 Å². The van der Waals surface area contributed by atoms with Crippen LogP contribution in [-0.4, -0.2) is 33.9 Å². The first-order chi connectivity index (χ1) is 15.2. The van der Waals surface area contributed by atoms with Gasteiger partial charge < -0.3 is 5.32 Å². The SMILES string of the molecule is CCCCC[n+]1cccc(C(=O)N2c3c(nc(NC(=O)C(C)C)[nH]c3=O)N[C@@H](C)[C@H]2C)c1. The zero-order valence-corrected chi connectivity index (χ0v) is 19.4. The lowest BCUT2D eigenvalue weighted by Crippen LogP contribution is -2.53. The lowest BCUT2D eigenvalue weighted by Gasteiger charge is -2.38. The van der Waals surface area contributed by atoms with Crippen LogP contribution in [0.2, 0.25) is 0 Å². The van der Waals surface area contributed by atoms with Crippen LogP contribution in [-0.2, 0) is 11.3 Å². The number of aromatic amines is 1. The van der Waals surface area contributed by atoms with Gasteiger partial charge in [-0.05, 0) is 26.3 Å². The van der Waals surface area contributed by atoms with Gasteiger partial charge in [-0.2, -0.15) is 4.98 Å². The molecule has 0 aromatic carbocycles. The predicted molar refractivity (Wildman–Crippen MR) is 124 cm³/mol. The molecule has 9 nitrogen and oxygen atoms in total. The first-order valence-electron chi connectivity index (χ1n) is 11.3. The largest absolute Gasteiger partial charge is 0.364 e. The second-order valence-electron chi connectivity index (χ2n) is 8.64. The van der Waals surface area contributed by atoms with Gasteiger partial charge in [-0.25, -0.2) is 4.57 Å². The minimum Gasteiger partial charge on any atom is -0.364 e. The van der Waals surface area contributed by atoms with Gasteiger partial charge in [0.2, 0.25) is 11.9 Å². The molecule has 2 aromatic heterocycles. The molecule has 1 aliphatic rings. The molecule has 0 spiro atoms. The van der Waals surface area contributed by atoms with E-state index in [9.17, 15) is 14.4 Å². The number of nitrogens with one attached hydrogen (secondary N) is 3. The highest BCUT2D eigenvalue weighted by Gasteiger charge is 2.37. The molecule has 1 aliphatic heterocycles. The summed E-state index contributed by atoms with van der Waals surface area (Å²) < 4.78 is 2.01. The van der Waals surface area contributed by atoms with Crippen molar-refractivity contribution in [1.82, 2.24) is 9.97 Å². The highest BCUT2D eigenvalue weighted by Crippen LogP contribution is 2.31. The number of amides is 2. The maximum absolute atomic E-state index is 13.5. The summed E-state index contributed by atoms with van der Waals surface area (Å²) in [5, 5.41) is 5.81. The van der Waals surface area contributed by atoms with E-state index in [0.29, 0.717) is 5.56 Å². The fraction of sp³-hybridized carbons (Fsp3) is 0.522. The summed E-state index contributed by atoms with van der Waals surface area (Å²) in [7, 11) is 0. The zero-order chi connectivity index (χ0) is 23.4. The van der Waals surface area contributed by atoms with E-state index in [0.717, 1.165) is 25.8 Å². The maximum Gasteiger partial charge on any atom is 0.278 e. The second-order valence-corrected chi connectivity index (χ2v) is 8.64. The minimum absolute atomic E-state index is 0.0579. The van der Waals surface area contributed by atoms with Crippen molar-refractivity contribution in [3.8, 4) is 0 Å². The van der Waals surface area contributed by atoms with Gasteiger partial charge in [-0.1, -0.05) is 27.2 Å². The molecule has 0 bridgehead atoms. The Morgan fingerprint density at radius 1 is 1.28 bits per heavy atom. The maximum atomic E-state index is 13.5. The average Bonchev–Trinajstić information content (AvgIpc) is 2.75. The van der Waals surface area contributed by atoms with E-state index < -0.39 is 5.56 Å². The van der Waals surface area contributed by atoms with Crippen molar-refractivity contribution in [1.29, 1.82) is 0 Å². The standard InChI is InChI=1S/C23H32N6O3/c1-6-7-8-11-28-12-9-10-17(13-28)22(32)29-16(5)15(4)24-19-18(29)21(31)27-23(25-19)26-20(30)14(2)3/h9-10,12-16H,6-8,11H2,1-5H3,(H2-,24,25,26,27,30,31)/p+1/t15-,16+/m0/s1. The average molecular weight is 442 g/mol. The van der Waals surface area contributed by atoms with E-state index in [1.54, 1.807) is 19.9 Å². The molecular formula is C23H33N6O3+. The van der Waals surface area contributed by atoms with Crippen molar-refractivity contribution < 1.29 is 14.2 Å². The number of anilines is 3. The Labute approximate surface area is 188 Å². The Hall–Kier alpha value is -3.23. The molecule has 2 atom stereocenters. The van der Waals surface area contributed by atoms with E-state index in [1.807, 2.05) is 36.9 Å². The third-order valence-corrected chi connectivity index (χ3v) is 5.74. The summed E-state index contributed by atoms with van der Waals surface area (Å²) in [6.07, 6.45) is 7.07. The monoisotopic (exact) mass is 441 g/mol. The Morgan fingerprint density at radius 2 is 2.03 bits per heavy atom. The van der Waals surface area contributed by atoms with E-state index in [4.69, 9.17) is 0 Å². The van der Waals surface area contributed by atoms with Crippen molar-refractivity contribution in [3.63, 3.8) is 0 Å². The molecule has 2 amide bonds. The van der Waals surface area contributed by atoms with Gasteiger partial charge in [0, 0.05) is 24.4 Å². The van der Waals surface area contributed by atoms with Crippen molar-refractivity contribution in [2.45, 2.75) is 72.5 Å². The number of aryl methyl sites for hydroxylation is 1. The van der Waals surface area contributed by atoms with Crippen LogP contribution in [0.25, 0.3) is 0 Å². The first kappa shape index (κ1) is 23.4. The van der Waals surface area contributed by atoms with Crippen LogP contribution in [0, 0.1) is 5.92 Å². The summed E-state index contributed by atoms with van der Waals surface area (Å²) in [4.78, 5) is 47.0. The Balaban J connectivity index is 1.96. The molecule has 32 heavy (non-hydrogen) atoms. The number of aromatic nitrogens is 3. The number of hydrogen-bond donors (Lipinski definition) is 3. The van der Waals surface area contributed by atoms with Crippen LogP contribution >= 0.6 is 0 Å². The number of pyridine rings is 1. The topological polar surface area (TPSA) is 111 Å². The van der Waals surface area contributed by atoms with Crippen molar-refractivity contribution in [3.05, 3.63) is 40.4 Å². The van der Waals surface area contributed by atoms with Crippen molar-refractivity contribution >= 4 is 29.3 Å². The Morgan fingerprint density at radius 3 is 2.72 bits per heavy atom. The van der Waals surface area contributed by atoms with E-state index in [-0.39, 0.29) is 47.3 Å². The van der Waals surface area contributed by atoms with Gasteiger partial charge in [0.15, 0.2) is 23.9 Å². The first-order valence-corrected chi connectivity index (χ1v) is 11.3. The fourth-order valence-corrected chi connectivity index (χ4v) is 3.63. The number of nitrogens with zero attached hydrogens (tertiary/aromatic N) is 3. The molecule has 0 unspecified atom stereocenters. The molecule has 0 saturated heterocycles. The molecular weight excluding hydrogens is 408 g/mol. The van der Waals surface area contributed by atoms with Gasteiger partial charge in [0.1, 0.15) is 12.1 Å². The highest BCUT2D eigenvalue weighted by molar-refractivity contribution is 6.08. The van der Waals surface area contributed by atoms with Crippen molar-refractivity contribution in [2.24, 2.45) is 5.92 Å². The molecule has 0 radical (unpaired) electrons. The number of hydrogen-bond acceptors (Lipinski definition) is 5. The zero-order valence-electron chi connectivity index (χ0n) is 19.4. The van der Waals surface area contributed by atoms with Gasteiger partial charge in [0.05, 0.1) is 6.04 Å².